The van der Waals surface area contributed by atoms with E-state index in [0.717, 1.165) is 49.2 Å². The van der Waals surface area contributed by atoms with Crippen molar-refractivity contribution in [2.75, 3.05) is 31.2 Å². The predicted molar refractivity (Wildman–Crippen MR) is 80.3 cm³/mol. The van der Waals surface area contributed by atoms with E-state index >= 15 is 0 Å². The number of aliphatic carboxylic acids is 1. The van der Waals surface area contributed by atoms with Crippen molar-refractivity contribution in [3.8, 4) is 0 Å². The van der Waals surface area contributed by atoms with Crippen LogP contribution in [-0.4, -0.2) is 37.4 Å². The van der Waals surface area contributed by atoms with Crippen molar-refractivity contribution in [2.24, 2.45) is 0 Å². The largest absolute Gasteiger partial charge is 0.481 e. The highest BCUT2D eigenvalue weighted by atomic mass is 79.9. The molecule has 0 amide bonds. The lowest BCUT2D eigenvalue weighted by Gasteiger charge is -2.30. The molecule has 1 aromatic carbocycles. The molecule has 0 unspecified atom stereocenters. The van der Waals surface area contributed by atoms with E-state index in [1.54, 1.807) is 0 Å². The van der Waals surface area contributed by atoms with E-state index in [2.05, 4.69) is 39.0 Å². The third-order valence-corrected chi connectivity index (χ3v) is 4.89. The minimum absolute atomic E-state index is 0.127. The molecule has 0 aromatic heterocycles. The smallest absolute Gasteiger partial charge is 0.304 e. The highest BCUT2D eigenvalue weighted by molar-refractivity contribution is 9.10. The molecular weight excluding hydrogens is 322 g/mol. The Hall–Kier alpha value is -1.07. The zero-order chi connectivity index (χ0) is 14.2. The van der Waals surface area contributed by atoms with Crippen LogP contribution >= 0.6 is 15.9 Å². The summed E-state index contributed by atoms with van der Waals surface area (Å²) in [5, 5.41) is 9.04. The van der Waals surface area contributed by atoms with Gasteiger partial charge in [0.05, 0.1) is 25.3 Å². The molecule has 2 fully saturated rings. The van der Waals surface area contributed by atoms with E-state index in [0.29, 0.717) is 0 Å². The van der Waals surface area contributed by atoms with Crippen LogP contribution in [-0.2, 0) is 14.9 Å². The van der Waals surface area contributed by atoms with Crippen molar-refractivity contribution in [3.63, 3.8) is 0 Å². The summed E-state index contributed by atoms with van der Waals surface area (Å²) in [6, 6.07) is 6.29. The van der Waals surface area contributed by atoms with Crippen LogP contribution in [0.3, 0.4) is 0 Å². The number of carboxylic acids is 1. The highest BCUT2D eigenvalue weighted by Crippen LogP contribution is 2.52. The molecule has 1 N–H and O–H groups in total. The Morgan fingerprint density at radius 2 is 2.05 bits per heavy atom. The lowest BCUT2D eigenvalue weighted by atomic mass is 9.92. The first-order chi connectivity index (χ1) is 9.61. The maximum Gasteiger partial charge on any atom is 0.304 e. The third-order valence-electron chi connectivity index (χ3n) is 4.25. The second-order valence-electron chi connectivity index (χ2n) is 5.62. The molecule has 108 valence electrons. The minimum atomic E-state index is -0.712. The standard InChI is InChI=1S/C15H18BrNO3/c16-12-9-11(15(3-4-15)10-14(18)19)1-2-13(12)17-5-7-20-8-6-17/h1-2,9H,3-8,10H2,(H,18,19). The van der Waals surface area contributed by atoms with Gasteiger partial charge in [0.1, 0.15) is 0 Å². The van der Waals surface area contributed by atoms with Crippen LogP contribution in [0.25, 0.3) is 0 Å². The van der Waals surface area contributed by atoms with Gasteiger partial charge in [-0.05, 0) is 46.5 Å². The fourth-order valence-electron chi connectivity index (χ4n) is 2.91. The Labute approximate surface area is 126 Å². The molecule has 20 heavy (non-hydrogen) atoms. The molecule has 1 heterocycles. The van der Waals surface area contributed by atoms with E-state index in [4.69, 9.17) is 9.84 Å². The van der Waals surface area contributed by atoms with Crippen LogP contribution in [0.4, 0.5) is 5.69 Å². The van der Waals surface area contributed by atoms with Crippen molar-refractivity contribution >= 4 is 27.6 Å². The van der Waals surface area contributed by atoms with Gasteiger partial charge in [0.15, 0.2) is 0 Å². The van der Waals surface area contributed by atoms with Crippen LogP contribution in [0.1, 0.15) is 24.8 Å². The Bertz CT molecular complexity index is 522. The quantitative estimate of drug-likeness (QED) is 0.916. The Morgan fingerprint density at radius 3 is 2.60 bits per heavy atom. The number of rotatable bonds is 4. The number of ether oxygens (including phenoxy) is 1. The molecular formula is C15H18BrNO3. The molecule has 0 atom stereocenters. The lowest BCUT2D eigenvalue weighted by Crippen LogP contribution is -2.36. The van der Waals surface area contributed by atoms with Gasteiger partial charge >= 0.3 is 5.97 Å². The van der Waals surface area contributed by atoms with Crippen LogP contribution in [0, 0.1) is 0 Å². The lowest BCUT2D eigenvalue weighted by molar-refractivity contribution is -0.137. The summed E-state index contributed by atoms with van der Waals surface area (Å²) in [4.78, 5) is 13.3. The molecule has 1 aliphatic carbocycles. The molecule has 0 radical (unpaired) electrons. The van der Waals surface area contributed by atoms with Crippen LogP contribution < -0.4 is 4.90 Å². The van der Waals surface area contributed by atoms with E-state index < -0.39 is 5.97 Å². The molecule has 1 saturated carbocycles. The van der Waals surface area contributed by atoms with Gasteiger partial charge in [-0.3, -0.25) is 4.79 Å². The van der Waals surface area contributed by atoms with Gasteiger partial charge in [-0.2, -0.15) is 0 Å². The van der Waals surface area contributed by atoms with E-state index in [1.807, 2.05) is 0 Å². The van der Waals surface area contributed by atoms with Gasteiger partial charge in [-0.1, -0.05) is 6.07 Å². The highest BCUT2D eigenvalue weighted by Gasteiger charge is 2.46. The fraction of sp³-hybridized carbons (Fsp3) is 0.533. The van der Waals surface area contributed by atoms with Crippen molar-refractivity contribution in [3.05, 3.63) is 28.2 Å². The normalized spacial score (nSPS) is 20.8. The Kier molecular flexibility index (Phi) is 3.73. The molecule has 0 spiro atoms. The van der Waals surface area contributed by atoms with Crippen molar-refractivity contribution in [2.45, 2.75) is 24.7 Å². The number of carboxylic acid groups (broad SMARTS) is 1. The Balaban J connectivity index is 1.82. The second-order valence-corrected chi connectivity index (χ2v) is 6.47. The molecule has 1 aliphatic heterocycles. The number of carbonyl (C=O) groups is 1. The van der Waals surface area contributed by atoms with Crippen LogP contribution in [0.15, 0.2) is 22.7 Å². The molecule has 5 heteroatoms. The molecule has 1 aromatic rings. The maximum atomic E-state index is 11.0. The zero-order valence-electron chi connectivity index (χ0n) is 11.3. The van der Waals surface area contributed by atoms with Crippen LogP contribution in [0.5, 0.6) is 0 Å². The molecule has 2 aliphatic rings. The van der Waals surface area contributed by atoms with E-state index in [9.17, 15) is 4.79 Å². The summed E-state index contributed by atoms with van der Waals surface area (Å²) in [6.07, 6.45) is 2.18. The zero-order valence-corrected chi connectivity index (χ0v) is 12.9. The fourth-order valence-corrected chi connectivity index (χ4v) is 3.53. The van der Waals surface area contributed by atoms with Gasteiger partial charge in [0.25, 0.3) is 0 Å². The topological polar surface area (TPSA) is 49.8 Å². The monoisotopic (exact) mass is 339 g/mol. The van der Waals surface area contributed by atoms with Crippen molar-refractivity contribution in [1.29, 1.82) is 0 Å². The summed E-state index contributed by atoms with van der Waals surface area (Å²) in [5.41, 5.74) is 2.18. The van der Waals surface area contributed by atoms with Gasteiger partial charge in [-0.15, -0.1) is 0 Å². The van der Waals surface area contributed by atoms with Crippen molar-refractivity contribution in [1.82, 2.24) is 0 Å². The number of nitrogens with zero attached hydrogens (tertiary/aromatic N) is 1. The van der Waals surface area contributed by atoms with Crippen molar-refractivity contribution < 1.29 is 14.6 Å². The first kappa shape index (κ1) is 13.9. The van der Waals surface area contributed by atoms with E-state index in [1.165, 1.54) is 5.69 Å². The van der Waals surface area contributed by atoms with Gasteiger partial charge in [-0.25, -0.2) is 0 Å². The first-order valence-electron chi connectivity index (χ1n) is 6.95. The average molecular weight is 340 g/mol. The Morgan fingerprint density at radius 1 is 1.35 bits per heavy atom. The van der Waals surface area contributed by atoms with Gasteiger partial charge in [0.2, 0.25) is 0 Å². The molecule has 1 saturated heterocycles. The maximum absolute atomic E-state index is 11.0. The molecule has 3 rings (SSSR count). The first-order valence-corrected chi connectivity index (χ1v) is 7.75. The number of morpholine rings is 1. The number of benzene rings is 1. The van der Waals surface area contributed by atoms with Gasteiger partial charge in [0, 0.05) is 23.0 Å². The van der Waals surface area contributed by atoms with E-state index in [-0.39, 0.29) is 11.8 Å². The molecule has 4 nitrogen and oxygen atoms in total. The summed E-state index contributed by atoms with van der Waals surface area (Å²) in [6.45, 7) is 3.32. The van der Waals surface area contributed by atoms with Gasteiger partial charge < -0.3 is 14.7 Å². The minimum Gasteiger partial charge on any atom is -0.481 e. The summed E-state index contributed by atoms with van der Waals surface area (Å²) in [7, 11) is 0. The number of halogens is 1. The number of hydrogen-bond donors (Lipinski definition) is 1. The number of hydrogen-bond acceptors (Lipinski definition) is 3. The third kappa shape index (κ3) is 2.69. The van der Waals surface area contributed by atoms with Crippen LogP contribution in [0.2, 0.25) is 0 Å². The summed E-state index contributed by atoms with van der Waals surface area (Å²) >= 11 is 3.64. The summed E-state index contributed by atoms with van der Waals surface area (Å²) in [5.74, 6) is -0.712. The second kappa shape index (κ2) is 5.37. The molecule has 0 bridgehead atoms. The number of anilines is 1. The predicted octanol–water partition coefficient (Wildman–Crippen LogP) is 2.79. The SMILES string of the molecule is O=C(O)CC1(c2ccc(N3CCOCC3)c(Br)c2)CC1. The summed E-state index contributed by atoms with van der Waals surface area (Å²) < 4.78 is 6.42. The average Bonchev–Trinajstić information content (AvgIpc) is 3.19.